The van der Waals surface area contributed by atoms with E-state index in [1.165, 1.54) is 24.3 Å². The summed E-state index contributed by atoms with van der Waals surface area (Å²) in [6.07, 6.45) is 2.55. The number of likely N-dealkylation sites (N-methyl/N-ethyl adjacent to an activating group) is 1. The van der Waals surface area contributed by atoms with E-state index in [-0.39, 0.29) is 0 Å². The molecule has 1 fully saturated rings. The minimum absolute atomic E-state index is 0.556. The molecular weight excluding hydrogens is 182 g/mol. The van der Waals surface area contributed by atoms with Crippen molar-refractivity contribution in [1.29, 1.82) is 0 Å². The third kappa shape index (κ3) is 4.34. The van der Waals surface area contributed by atoms with E-state index in [2.05, 4.69) is 11.9 Å². The van der Waals surface area contributed by atoms with Crippen LogP contribution in [0.2, 0.25) is 0 Å². The van der Waals surface area contributed by atoms with Crippen LogP contribution in [-0.4, -0.2) is 46.7 Å². The summed E-state index contributed by atoms with van der Waals surface area (Å²) in [6.45, 7) is 4.53. The lowest BCUT2D eigenvalue weighted by molar-refractivity contribution is 0.0299. The number of nitrogens with zero attached hydrogens (tertiary/aromatic N) is 1. The van der Waals surface area contributed by atoms with Crippen LogP contribution < -0.4 is 0 Å². The van der Waals surface area contributed by atoms with Gasteiger partial charge >= 0.3 is 0 Å². The lowest BCUT2D eigenvalue weighted by atomic mass is 10.1. The molecule has 1 aliphatic rings. The van der Waals surface area contributed by atoms with Crippen LogP contribution in [0.3, 0.4) is 0 Å². The summed E-state index contributed by atoms with van der Waals surface area (Å²) in [5.41, 5.74) is -0.556. The number of hydrogen-bond donors (Lipinski definition) is 1. The van der Waals surface area contributed by atoms with Gasteiger partial charge in [0.15, 0.2) is 0 Å². The van der Waals surface area contributed by atoms with E-state index in [1.54, 1.807) is 0 Å². The van der Waals surface area contributed by atoms with Gasteiger partial charge in [0.05, 0.1) is 5.60 Å². The summed E-state index contributed by atoms with van der Waals surface area (Å²) in [5.74, 6) is 2.56. The third-order valence-corrected chi connectivity index (χ3v) is 3.50. The van der Waals surface area contributed by atoms with Crippen molar-refractivity contribution >= 4 is 11.8 Å². The molecule has 0 aromatic heterocycles. The van der Waals surface area contributed by atoms with Gasteiger partial charge in [0.2, 0.25) is 0 Å². The van der Waals surface area contributed by atoms with Crippen LogP contribution in [0.25, 0.3) is 0 Å². The molecule has 0 spiro atoms. The van der Waals surface area contributed by atoms with Gasteiger partial charge in [0, 0.05) is 12.6 Å². The van der Waals surface area contributed by atoms with E-state index in [0.29, 0.717) is 6.04 Å². The van der Waals surface area contributed by atoms with Crippen LogP contribution in [0.1, 0.15) is 26.7 Å². The number of thioether (sulfide) groups is 1. The maximum atomic E-state index is 9.67. The van der Waals surface area contributed by atoms with Crippen molar-refractivity contribution in [3.63, 3.8) is 0 Å². The van der Waals surface area contributed by atoms with Crippen LogP contribution in [0, 0.1) is 0 Å². The zero-order valence-electron chi connectivity index (χ0n) is 8.92. The topological polar surface area (TPSA) is 23.5 Å². The van der Waals surface area contributed by atoms with Gasteiger partial charge in [-0.3, -0.25) is 0 Å². The SMILES string of the molecule is CN(CC(C)(C)O)C1CCSCC1. The first-order valence-electron chi connectivity index (χ1n) is 4.99. The minimum Gasteiger partial charge on any atom is -0.389 e. The number of rotatable bonds is 3. The fraction of sp³-hybridized carbons (Fsp3) is 1.00. The Labute approximate surface area is 85.7 Å². The van der Waals surface area contributed by atoms with Gasteiger partial charge < -0.3 is 10.0 Å². The van der Waals surface area contributed by atoms with E-state index in [1.807, 2.05) is 25.6 Å². The molecule has 78 valence electrons. The first-order chi connectivity index (χ1) is 5.99. The van der Waals surface area contributed by atoms with Gasteiger partial charge in [-0.25, -0.2) is 0 Å². The highest BCUT2D eigenvalue weighted by atomic mass is 32.2. The Morgan fingerprint density at radius 2 is 1.92 bits per heavy atom. The molecule has 0 atom stereocenters. The maximum absolute atomic E-state index is 9.67. The van der Waals surface area contributed by atoms with Crippen LogP contribution in [0.15, 0.2) is 0 Å². The molecule has 1 heterocycles. The summed E-state index contributed by atoms with van der Waals surface area (Å²) >= 11 is 2.04. The highest BCUT2D eigenvalue weighted by Crippen LogP contribution is 2.21. The van der Waals surface area contributed by atoms with Crippen LogP contribution in [0.5, 0.6) is 0 Å². The standard InChI is InChI=1S/C10H21NOS/c1-10(2,12)8-11(3)9-4-6-13-7-5-9/h9,12H,4-8H2,1-3H3. The van der Waals surface area contributed by atoms with E-state index >= 15 is 0 Å². The molecule has 0 aromatic carbocycles. The van der Waals surface area contributed by atoms with Gasteiger partial charge in [0.1, 0.15) is 0 Å². The van der Waals surface area contributed by atoms with E-state index in [9.17, 15) is 5.11 Å². The Bertz CT molecular complexity index is 149. The predicted octanol–water partition coefficient (Wildman–Crippen LogP) is 1.58. The van der Waals surface area contributed by atoms with Crippen LogP contribution >= 0.6 is 11.8 Å². The van der Waals surface area contributed by atoms with Crippen molar-refractivity contribution < 1.29 is 5.11 Å². The lowest BCUT2D eigenvalue weighted by Gasteiger charge is -2.34. The zero-order chi connectivity index (χ0) is 9.90. The second-order valence-electron chi connectivity index (χ2n) is 4.57. The molecule has 0 aliphatic carbocycles. The van der Waals surface area contributed by atoms with Gasteiger partial charge in [-0.15, -0.1) is 0 Å². The summed E-state index contributed by atoms with van der Waals surface area (Å²) in [5, 5.41) is 9.67. The Hall–Kier alpha value is 0.270. The predicted molar refractivity (Wildman–Crippen MR) is 59.3 cm³/mol. The van der Waals surface area contributed by atoms with Gasteiger partial charge in [-0.1, -0.05) is 0 Å². The molecule has 1 saturated heterocycles. The van der Waals surface area contributed by atoms with Gasteiger partial charge in [-0.05, 0) is 45.2 Å². The van der Waals surface area contributed by atoms with Crippen molar-refractivity contribution in [3.8, 4) is 0 Å². The van der Waals surface area contributed by atoms with Crippen molar-refractivity contribution in [3.05, 3.63) is 0 Å². The third-order valence-electron chi connectivity index (χ3n) is 2.45. The second kappa shape index (κ2) is 4.67. The van der Waals surface area contributed by atoms with E-state index in [4.69, 9.17) is 0 Å². The molecule has 1 N–H and O–H groups in total. The van der Waals surface area contributed by atoms with Gasteiger partial charge in [-0.2, -0.15) is 11.8 Å². The average Bonchev–Trinajstić information content (AvgIpc) is 2.03. The first-order valence-corrected chi connectivity index (χ1v) is 6.15. The van der Waals surface area contributed by atoms with Crippen LogP contribution in [-0.2, 0) is 0 Å². The fourth-order valence-electron chi connectivity index (χ4n) is 1.87. The molecule has 0 amide bonds. The van der Waals surface area contributed by atoms with Gasteiger partial charge in [0.25, 0.3) is 0 Å². The molecule has 0 radical (unpaired) electrons. The molecule has 3 heteroatoms. The fourth-order valence-corrected chi connectivity index (χ4v) is 2.95. The maximum Gasteiger partial charge on any atom is 0.0718 e. The molecule has 1 aliphatic heterocycles. The summed E-state index contributed by atoms with van der Waals surface area (Å²) in [6, 6.07) is 0.688. The Kier molecular flexibility index (Phi) is 4.07. The largest absolute Gasteiger partial charge is 0.389 e. The molecule has 13 heavy (non-hydrogen) atoms. The monoisotopic (exact) mass is 203 g/mol. The molecule has 1 rings (SSSR count). The molecular formula is C10H21NOS. The molecule has 2 nitrogen and oxygen atoms in total. The summed E-state index contributed by atoms with van der Waals surface area (Å²) in [4.78, 5) is 2.31. The van der Waals surface area contributed by atoms with Crippen molar-refractivity contribution in [2.75, 3.05) is 25.1 Å². The highest BCUT2D eigenvalue weighted by molar-refractivity contribution is 7.99. The molecule has 0 aromatic rings. The van der Waals surface area contributed by atoms with Crippen molar-refractivity contribution in [1.82, 2.24) is 4.90 Å². The smallest absolute Gasteiger partial charge is 0.0718 e. The number of aliphatic hydroxyl groups is 1. The van der Waals surface area contributed by atoms with Crippen molar-refractivity contribution in [2.24, 2.45) is 0 Å². The lowest BCUT2D eigenvalue weighted by Crippen LogP contribution is -2.43. The average molecular weight is 203 g/mol. The Morgan fingerprint density at radius 1 is 1.38 bits per heavy atom. The van der Waals surface area contributed by atoms with Crippen molar-refractivity contribution in [2.45, 2.75) is 38.3 Å². The normalized spacial score (nSPS) is 21.0. The first kappa shape index (κ1) is 11.3. The quantitative estimate of drug-likeness (QED) is 0.753. The summed E-state index contributed by atoms with van der Waals surface area (Å²) in [7, 11) is 2.12. The zero-order valence-corrected chi connectivity index (χ0v) is 9.73. The van der Waals surface area contributed by atoms with Crippen LogP contribution in [0.4, 0.5) is 0 Å². The number of hydrogen-bond acceptors (Lipinski definition) is 3. The highest BCUT2D eigenvalue weighted by Gasteiger charge is 2.23. The molecule has 0 unspecified atom stereocenters. The van der Waals surface area contributed by atoms with E-state index in [0.717, 1.165) is 6.54 Å². The summed E-state index contributed by atoms with van der Waals surface area (Å²) < 4.78 is 0. The Morgan fingerprint density at radius 3 is 2.38 bits per heavy atom. The Balaban J connectivity index is 2.33. The molecule has 0 bridgehead atoms. The minimum atomic E-state index is -0.556. The van der Waals surface area contributed by atoms with E-state index < -0.39 is 5.60 Å². The molecule has 0 saturated carbocycles. The second-order valence-corrected chi connectivity index (χ2v) is 5.80.